The third-order valence-electron chi connectivity index (χ3n) is 22.0. The highest BCUT2D eigenvalue weighted by molar-refractivity contribution is 9.10. The summed E-state index contributed by atoms with van der Waals surface area (Å²) in [4.78, 5) is 61.0. The highest BCUT2D eigenvalue weighted by Gasteiger charge is 2.31. The third-order valence-corrected chi connectivity index (χ3v) is 29.8. The number of hydrogen-bond acceptors (Lipinski definition) is 21. The van der Waals surface area contributed by atoms with E-state index in [1.54, 1.807) is 180 Å². The summed E-state index contributed by atoms with van der Waals surface area (Å²) in [5.74, 6) is -2.86. The zero-order chi connectivity index (χ0) is 93.9. The fraction of sp³-hybridized carbons (Fsp3) is 0.202. The van der Waals surface area contributed by atoms with Gasteiger partial charge in [0.1, 0.15) is 57.7 Å². The number of benzene rings is 8. The zero-order valence-electron chi connectivity index (χ0n) is 72.0. The van der Waals surface area contributed by atoms with Crippen LogP contribution in [0.15, 0.2) is 310 Å². The van der Waals surface area contributed by atoms with E-state index < -0.39 is 91.5 Å². The molecule has 8 aromatic carbocycles. The third kappa shape index (κ3) is 23.7. The minimum atomic E-state index is -3.92. The molecule has 1 aliphatic rings. The van der Waals surface area contributed by atoms with Gasteiger partial charge < -0.3 is 36.7 Å². The number of pyridine rings is 2. The Hall–Kier alpha value is -13.1. The average molecular weight is 2000 g/mol. The molecule has 0 bridgehead atoms. The van der Waals surface area contributed by atoms with Gasteiger partial charge in [0.05, 0.1) is 69.0 Å². The van der Waals surface area contributed by atoms with Crippen LogP contribution in [-0.2, 0) is 110 Å². The summed E-state index contributed by atoms with van der Waals surface area (Å²) in [7, 11) is -15.5. The highest BCUT2D eigenvalue weighted by Crippen LogP contribution is 2.35. The number of anilines is 1. The Morgan fingerprint density at radius 2 is 0.759 bits per heavy atom. The van der Waals surface area contributed by atoms with Gasteiger partial charge in [-0.15, -0.1) is 0 Å². The first-order valence-electron chi connectivity index (χ1n) is 42.1. The monoisotopic (exact) mass is 2000 g/mol. The molecule has 0 amide bonds. The molecule has 10 heterocycles. The molecule has 0 atom stereocenters. The molecule has 0 spiro atoms. The molecule has 1 saturated heterocycles. The number of ketones is 4. The molecule has 34 heteroatoms. The molecule has 0 unspecified atom stereocenters. The van der Waals surface area contributed by atoms with Gasteiger partial charge in [-0.05, 0) is 141 Å². The van der Waals surface area contributed by atoms with Crippen LogP contribution in [0.2, 0.25) is 0 Å². The molecule has 0 saturated carbocycles. The van der Waals surface area contributed by atoms with E-state index in [4.69, 9.17) is 18.6 Å². The molecule has 0 aliphatic carbocycles. The lowest BCUT2D eigenvalue weighted by Gasteiger charge is -2.27. The van der Waals surface area contributed by atoms with Crippen LogP contribution in [0.1, 0.15) is 81.4 Å². The molecule has 17 aromatic rings. The van der Waals surface area contributed by atoms with E-state index >= 15 is 0 Å². The number of sulfone groups is 4. The Morgan fingerprint density at radius 1 is 0.353 bits per heavy atom. The summed E-state index contributed by atoms with van der Waals surface area (Å²) in [6.45, 7) is 8.35. The molecular formula is C99H87Br2F3N10O15S4. The Kier molecular flexibility index (Phi) is 29.4. The van der Waals surface area contributed by atoms with E-state index in [1.807, 2.05) is 59.3 Å². The molecule has 0 radical (unpaired) electrons. The molecule has 1 aliphatic heterocycles. The Balaban J connectivity index is 0.000000137. The van der Waals surface area contributed by atoms with Crippen molar-refractivity contribution in [3.05, 3.63) is 356 Å². The second-order valence-electron chi connectivity index (χ2n) is 32.3. The summed E-state index contributed by atoms with van der Waals surface area (Å²) in [5.41, 5.74) is 9.49. The number of aromatic nitrogens is 9. The normalized spacial score (nSPS) is 12.5. The Labute approximate surface area is 781 Å². The maximum atomic E-state index is 14.3. The van der Waals surface area contributed by atoms with Crippen molar-refractivity contribution in [1.29, 1.82) is 0 Å². The summed E-state index contributed by atoms with van der Waals surface area (Å²) >= 11 is 6.57. The van der Waals surface area contributed by atoms with Gasteiger partial charge in [0.2, 0.25) is 5.95 Å². The van der Waals surface area contributed by atoms with Crippen molar-refractivity contribution in [1.82, 2.24) is 43.7 Å². The first-order valence-corrected chi connectivity index (χ1v) is 50.3. The van der Waals surface area contributed by atoms with Crippen LogP contribution in [0.3, 0.4) is 0 Å². The number of piperidine rings is 1. The van der Waals surface area contributed by atoms with Crippen LogP contribution in [0.5, 0.6) is 0 Å². The van der Waals surface area contributed by atoms with Crippen molar-refractivity contribution >= 4 is 144 Å². The Morgan fingerprint density at radius 3 is 1.18 bits per heavy atom. The van der Waals surface area contributed by atoms with Gasteiger partial charge in [-0.3, -0.25) is 19.2 Å². The van der Waals surface area contributed by atoms with E-state index in [0.29, 0.717) is 101 Å². The number of nitrogens with zero attached hydrogens (tertiary/aromatic N) is 10. The SMILES string of the molecule is Cc1cc(CC(=O)CS(=O)(=O)c2cn(Cc3ccc(Br)cc3F)c3ccccc23)no1.Cc1cc(CC(=O)CS(=O)(=O)c2cn(Cc3ccc(F)nc3)c3ccccc23)no1.Cc1cc(CC(=O)CS(=O)(=O)c2cn(Cc3cccc(-c4ccc(N5CCCCC5)nc4)c3)c3ccccc23)no1.O=C(Cc1ccccc1)CS(=O)(=O)c1cn(Cc2cc(Br)ccc2F)c2ccccc12. The topological polar surface area (TPSA) is 332 Å². The molecule has 682 valence electrons. The summed E-state index contributed by atoms with van der Waals surface area (Å²) in [6, 6.07) is 67.0. The predicted molar refractivity (Wildman–Crippen MR) is 506 cm³/mol. The first kappa shape index (κ1) is 94.5. The summed E-state index contributed by atoms with van der Waals surface area (Å²) in [5, 5.41) is 13.4. The van der Waals surface area contributed by atoms with E-state index in [2.05, 4.69) is 81.5 Å². The van der Waals surface area contributed by atoms with Gasteiger partial charge in [0, 0.05) is 157 Å². The number of carbonyl (C=O) groups is 4. The fourth-order valence-corrected chi connectivity index (χ4v) is 22.6. The van der Waals surface area contributed by atoms with Crippen molar-refractivity contribution < 1.29 is 79.6 Å². The van der Waals surface area contributed by atoms with Gasteiger partial charge in [0.25, 0.3) is 0 Å². The smallest absolute Gasteiger partial charge is 0.212 e. The maximum Gasteiger partial charge on any atom is 0.212 e. The molecule has 9 aromatic heterocycles. The number of carbonyl (C=O) groups excluding carboxylic acids is 4. The number of aryl methyl sites for hydroxylation is 3. The fourth-order valence-electron chi connectivity index (χ4n) is 16.0. The molecular weight excluding hydrogens is 1910 g/mol. The average Bonchev–Trinajstić information content (AvgIpc) is 1.63. The van der Waals surface area contributed by atoms with Crippen LogP contribution < -0.4 is 4.90 Å². The van der Waals surface area contributed by atoms with Gasteiger partial charge in [-0.1, -0.05) is 181 Å². The molecule has 133 heavy (non-hydrogen) atoms. The highest BCUT2D eigenvalue weighted by atomic mass is 79.9. The predicted octanol–water partition coefficient (Wildman–Crippen LogP) is 18.4. The second-order valence-corrected chi connectivity index (χ2v) is 42.0. The lowest BCUT2D eigenvalue weighted by molar-refractivity contribution is -0.117. The van der Waals surface area contributed by atoms with Crippen molar-refractivity contribution in [2.45, 2.75) is 111 Å². The molecule has 25 nitrogen and oxygen atoms in total. The number of fused-ring (bicyclic) bond motifs is 4. The van der Waals surface area contributed by atoms with Crippen LogP contribution in [0.4, 0.5) is 19.0 Å². The van der Waals surface area contributed by atoms with Crippen molar-refractivity contribution in [2.75, 3.05) is 41.0 Å². The van der Waals surface area contributed by atoms with E-state index in [9.17, 15) is 66.0 Å². The minimum absolute atomic E-state index is 0.0466. The van der Waals surface area contributed by atoms with Crippen LogP contribution >= 0.6 is 31.9 Å². The number of rotatable bonds is 30. The van der Waals surface area contributed by atoms with Crippen molar-refractivity contribution in [2.24, 2.45) is 0 Å². The van der Waals surface area contributed by atoms with Gasteiger partial charge in [0.15, 0.2) is 62.5 Å². The molecule has 0 N–H and O–H groups in total. The van der Waals surface area contributed by atoms with E-state index in [1.165, 1.54) is 62.2 Å². The van der Waals surface area contributed by atoms with Crippen LogP contribution in [0, 0.1) is 38.4 Å². The maximum absolute atomic E-state index is 14.3. The number of halogens is 5. The van der Waals surface area contributed by atoms with Crippen molar-refractivity contribution in [3.8, 4) is 11.1 Å². The quantitative estimate of drug-likeness (QED) is 0.0377. The Bertz CT molecular complexity index is 7680. The van der Waals surface area contributed by atoms with Crippen molar-refractivity contribution in [3.63, 3.8) is 0 Å². The van der Waals surface area contributed by atoms with E-state index in [0.717, 1.165) is 56.7 Å². The molecule has 1 fully saturated rings. The van der Waals surface area contributed by atoms with Gasteiger partial charge in [-0.25, -0.2) is 52.4 Å². The zero-order valence-corrected chi connectivity index (χ0v) is 78.5. The number of Topliss-reactive ketones (excluding diaryl/α,β-unsaturated/α-hetero) is 4. The first-order chi connectivity index (χ1) is 63.7. The summed E-state index contributed by atoms with van der Waals surface area (Å²) < 4.78 is 170. The summed E-state index contributed by atoms with van der Waals surface area (Å²) in [6.07, 6.45) is 12.9. The lowest BCUT2D eigenvalue weighted by Crippen LogP contribution is -2.29. The largest absolute Gasteiger partial charge is 0.361 e. The van der Waals surface area contributed by atoms with Gasteiger partial charge >= 0.3 is 0 Å². The standard InChI is InChI=1S/C32H32N4O4S.C24H19BrFNO3S.C22H18BrFN2O4S.C21H18FN3O4S/c1-23-16-27(34-40-23)18-28(37)22-41(38,39)31-21-36(30-11-4-3-10-29(30)31)20-24-8-7-9-25(17-24)26-12-13-32(33-19-26)35-14-5-2-6-15-35;25-19-10-11-22(26)18(13-19)14-27-15-24(21-8-4-5-9-23(21)27)31(29,30)16-20(28)12-17-6-2-1-3-7-17;1-14-8-17(25-30-14)10-18(27)13-31(28,29)22-12-26(21-5-3-2-4-19(21)22)11-15-6-7-16(23)9-20(15)24;1-14-8-16(24-29-14)9-17(26)13-30(27,28)20-12-25(19-5-3-2-4-18(19)20)11-15-6-7-21(22)23-10-15/h3-4,7-13,16-17,19,21H,2,5-6,14-15,18,20,22H2,1H3;1-11,13,15H,12,14,16H2;2-9,12H,10-11,13H2,1H3;2-8,10,12H,9,11,13H2,1H3. The number of para-hydroxylation sites is 4. The van der Waals surface area contributed by atoms with E-state index in [-0.39, 0.29) is 70.0 Å². The molecule has 18 rings (SSSR count). The minimum Gasteiger partial charge on any atom is -0.361 e. The van der Waals surface area contributed by atoms with Crippen LogP contribution in [0.25, 0.3) is 54.7 Å². The lowest BCUT2D eigenvalue weighted by atomic mass is 10.0. The van der Waals surface area contributed by atoms with Gasteiger partial charge in [-0.2, -0.15) is 4.39 Å². The second kappa shape index (κ2) is 41.3. The van der Waals surface area contributed by atoms with Crippen LogP contribution in [-0.4, -0.2) is 137 Å². The number of hydrogen-bond donors (Lipinski definition) is 0.